The molecule has 2 aromatic carbocycles. The molecule has 1 atom stereocenters. The molecular formula is C17H18ClF. The largest absolute Gasteiger partial charge is 0.207 e. The lowest BCUT2D eigenvalue weighted by atomic mass is 10.0. The van der Waals surface area contributed by atoms with Crippen LogP contribution < -0.4 is 0 Å². The minimum Gasteiger partial charge on any atom is -0.207 e. The molecule has 1 unspecified atom stereocenters. The number of aryl methyl sites for hydroxylation is 2. The lowest BCUT2D eigenvalue weighted by Crippen LogP contribution is -2.07. The fourth-order valence-electron chi connectivity index (χ4n) is 2.21. The normalized spacial score (nSPS) is 12.4. The molecule has 0 aliphatic carbocycles. The molecule has 2 heteroatoms. The number of benzene rings is 2. The molecule has 19 heavy (non-hydrogen) atoms. The molecular weight excluding hydrogens is 259 g/mol. The summed E-state index contributed by atoms with van der Waals surface area (Å²) in [6.07, 6.45) is 2.39. The predicted molar refractivity (Wildman–Crippen MR) is 79.2 cm³/mol. The van der Waals surface area contributed by atoms with E-state index in [4.69, 9.17) is 11.6 Å². The average Bonchev–Trinajstić information content (AvgIpc) is 2.40. The molecule has 0 fully saturated rings. The highest BCUT2D eigenvalue weighted by atomic mass is 35.5. The Kier molecular flexibility index (Phi) is 4.98. The zero-order valence-corrected chi connectivity index (χ0v) is 11.8. The third-order valence-corrected chi connectivity index (χ3v) is 3.76. The number of hydrogen-bond acceptors (Lipinski definition) is 0. The molecule has 100 valence electrons. The first-order valence-electron chi connectivity index (χ1n) is 6.59. The van der Waals surface area contributed by atoms with Gasteiger partial charge in [0.25, 0.3) is 0 Å². The van der Waals surface area contributed by atoms with Crippen molar-refractivity contribution in [3.63, 3.8) is 0 Å². The first kappa shape index (κ1) is 14.1. The second-order valence-electron chi connectivity index (χ2n) is 4.86. The lowest BCUT2D eigenvalue weighted by molar-refractivity contribution is 0.601. The van der Waals surface area contributed by atoms with E-state index in [1.54, 1.807) is 12.1 Å². The molecule has 0 bridgehead atoms. The van der Waals surface area contributed by atoms with E-state index in [0.717, 1.165) is 12.8 Å². The van der Waals surface area contributed by atoms with Gasteiger partial charge in [0.2, 0.25) is 0 Å². The van der Waals surface area contributed by atoms with Gasteiger partial charge in [-0.3, -0.25) is 0 Å². The average molecular weight is 277 g/mol. The van der Waals surface area contributed by atoms with Gasteiger partial charge >= 0.3 is 0 Å². The summed E-state index contributed by atoms with van der Waals surface area (Å²) in [6, 6.07) is 15.2. The van der Waals surface area contributed by atoms with Gasteiger partial charge in [0, 0.05) is 5.38 Å². The fourth-order valence-corrected chi connectivity index (χ4v) is 2.48. The molecule has 0 saturated carbocycles. The highest BCUT2D eigenvalue weighted by Gasteiger charge is 2.10. The standard InChI is InChI=1S/C17H18ClF/c1-13-6-2-3-7-14(13)10-11-16(18)12-15-8-4-5-9-17(15)19/h2-9,16H,10-12H2,1H3. The summed E-state index contributed by atoms with van der Waals surface area (Å²) in [5.74, 6) is -0.163. The Bertz CT molecular complexity index is 536. The van der Waals surface area contributed by atoms with Crippen LogP contribution >= 0.6 is 11.6 Å². The summed E-state index contributed by atoms with van der Waals surface area (Å²) in [5.41, 5.74) is 3.31. The third-order valence-electron chi connectivity index (χ3n) is 3.39. The van der Waals surface area contributed by atoms with Crippen molar-refractivity contribution >= 4 is 11.6 Å². The van der Waals surface area contributed by atoms with E-state index in [9.17, 15) is 4.39 Å². The monoisotopic (exact) mass is 276 g/mol. The Morgan fingerprint density at radius 2 is 1.63 bits per heavy atom. The molecule has 0 aliphatic rings. The quantitative estimate of drug-likeness (QED) is 0.680. The first-order chi connectivity index (χ1) is 9.16. The van der Waals surface area contributed by atoms with Gasteiger partial charge in [0.05, 0.1) is 0 Å². The van der Waals surface area contributed by atoms with Gasteiger partial charge in [-0.25, -0.2) is 4.39 Å². The number of halogens is 2. The maximum atomic E-state index is 13.5. The summed E-state index contributed by atoms with van der Waals surface area (Å²) in [6.45, 7) is 2.11. The Morgan fingerprint density at radius 3 is 2.32 bits per heavy atom. The Labute approximate surface area is 119 Å². The van der Waals surface area contributed by atoms with Crippen molar-refractivity contribution in [1.29, 1.82) is 0 Å². The van der Waals surface area contributed by atoms with E-state index in [1.807, 2.05) is 18.2 Å². The van der Waals surface area contributed by atoms with E-state index in [1.165, 1.54) is 17.2 Å². The van der Waals surface area contributed by atoms with Crippen molar-refractivity contribution in [1.82, 2.24) is 0 Å². The molecule has 2 rings (SSSR count). The van der Waals surface area contributed by atoms with Gasteiger partial charge in [-0.2, -0.15) is 0 Å². The van der Waals surface area contributed by atoms with Crippen LogP contribution in [0.2, 0.25) is 0 Å². The topological polar surface area (TPSA) is 0 Å². The van der Waals surface area contributed by atoms with E-state index in [2.05, 4.69) is 19.1 Å². The number of hydrogen-bond donors (Lipinski definition) is 0. The minimum atomic E-state index is -0.163. The van der Waals surface area contributed by atoms with Crippen LogP contribution in [0.25, 0.3) is 0 Å². The van der Waals surface area contributed by atoms with Crippen molar-refractivity contribution < 1.29 is 4.39 Å². The smallest absolute Gasteiger partial charge is 0.126 e. The van der Waals surface area contributed by atoms with Crippen molar-refractivity contribution in [3.05, 3.63) is 71.0 Å². The summed E-state index contributed by atoms with van der Waals surface area (Å²) >= 11 is 6.32. The molecule has 0 amide bonds. The zero-order valence-electron chi connectivity index (χ0n) is 11.1. The maximum Gasteiger partial charge on any atom is 0.126 e. The highest BCUT2D eigenvalue weighted by molar-refractivity contribution is 6.20. The molecule has 0 saturated heterocycles. The van der Waals surface area contributed by atoms with E-state index in [-0.39, 0.29) is 11.2 Å². The lowest BCUT2D eigenvalue weighted by Gasteiger charge is -2.11. The Balaban J connectivity index is 1.90. The first-order valence-corrected chi connectivity index (χ1v) is 7.02. The van der Waals surface area contributed by atoms with Gasteiger partial charge in [0.15, 0.2) is 0 Å². The molecule has 0 radical (unpaired) electrons. The van der Waals surface area contributed by atoms with Crippen LogP contribution in [0.4, 0.5) is 4.39 Å². The van der Waals surface area contributed by atoms with Gasteiger partial charge < -0.3 is 0 Å². The minimum absolute atomic E-state index is 0.0310. The molecule has 0 spiro atoms. The Morgan fingerprint density at radius 1 is 1.00 bits per heavy atom. The van der Waals surface area contributed by atoms with Gasteiger partial charge in [-0.05, 0) is 48.9 Å². The predicted octanol–water partition coefficient (Wildman–Crippen LogP) is 4.92. The van der Waals surface area contributed by atoms with Crippen LogP contribution in [0.3, 0.4) is 0 Å². The van der Waals surface area contributed by atoms with Crippen LogP contribution in [0.15, 0.2) is 48.5 Å². The second kappa shape index (κ2) is 6.72. The highest BCUT2D eigenvalue weighted by Crippen LogP contribution is 2.18. The van der Waals surface area contributed by atoms with Gasteiger partial charge in [-0.15, -0.1) is 11.6 Å². The molecule has 0 N–H and O–H groups in total. The molecule has 0 aliphatic heterocycles. The van der Waals surface area contributed by atoms with Crippen LogP contribution in [0.5, 0.6) is 0 Å². The van der Waals surface area contributed by atoms with E-state index < -0.39 is 0 Å². The van der Waals surface area contributed by atoms with Crippen LogP contribution in [-0.4, -0.2) is 5.38 Å². The molecule has 0 heterocycles. The molecule has 0 nitrogen and oxygen atoms in total. The number of alkyl halides is 1. The van der Waals surface area contributed by atoms with Crippen molar-refractivity contribution in [2.24, 2.45) is 0 Å². The molecule has 0 aromatic heterocycles. The van der Waals surface area contributed by atoms with Crippen molar-refractivity contribution in [3.8, 4) is 0 Å². The van der Waals surface area contributed by atoms with Crippen LogP contribution in [0, 0.1) is 12.7 Å². The van der Waals surface area contributed by atoms with Gasteiger partial charge in [-0.1, -0.05) is 42.5 Å². The summed E-state index contributed by atoms with van der Waals surface area (Å²) in [4.78, 5) is 0. The van der Waals surface area contributed by atoms with E-state index >= 15 is 0 Å². The van der Waals surface area contributed by atoms with Crippen LogP contribution in [-0.2, 0) is 12.8 Å². The van der Waals surface area contributed by atoms with Crippen molar-refractivity contribution in [2.75, 3.05) is 0 Å². The van der Waals surface area contributed by atoms with Crippen molar-refractivity contribution in [2.45, 2.75) is 31.6 Å². The zero-order chi connectivity index (χ0) is 13.7. The fraction of sp³-hybridized carbons (Fsp3) is 0.294. The van der Waals surface area contributed by atoms with Crippen LogP contribution in [0.1, 0.15) is 23.1 Å². The molecule has 2 aromatic rings. The summed E-state index contributed by atoms with van der Waals surface area (Å²) in [7, 11) is 0. The SMILES string of the molecule is Cc1ccccc1CCC(Cl)Cc1ccccc1F. The summed E-state index contributed by atoms with van der Waals surface area (Å²) in [5, 5.41) is -0.0310. The second-order valence-corrected chi connectivity index (χ2v) is 5.48. The summed E-state index contributed by atoms with van der Waals surface area (Å²) < 4.78 is 13.5. The maximum absolute atomic E-state index is 13.5. The van der Waals surface area contributed by atoms with E-state index in [0.29, 0.717) is 12.0 Å². The number of rotatable bonds is 5. The third kappa shape index (κ3) is 4.07. The Hall–Kier alpha value is -1.34. The van der Waals surface area contributed by atoms with Gasteiger partial charge in [0.1, 0.15) is 5.82 Å².